The quantitative estimate of drug-likeness (QED) is 0.654. The Morgan fingerprint density at radius 2 is 2.41 bits per heavy atom. The predicted octanol–water partition coefficient (Wildman–Crippen LogP) is 1.59. The number of hydrogen-bond acceptors (Lipinski definition) is 5. The van der Waals surface area contributed by atoms with E-state index in [2.05, 4.69) is 15.7 Å². The fourth-order valence-corrected chi connectivity index (χ4v) is 3.00. The van der Waals surface area contributed by atoms with Crippen LogP contribution in [0, 0.1) is 6.92 Å². The predicted molar refractivity (Wildman–Crippen MR) is 68.8 cm³/mol. The summed E-state index contributed by atoms with van der Waals surface area (Å²) in [6.45, 7) is 1.98. The zero-order chi connectivity index (χ0) is 12.4. The number of hydrogen-bond donors (Lipinski definition) is 2. The van der Waals surface area contributed by atoms with Crippen molar-refractivity contribution in [3.05, 3.63) is 32.7 Å². The van der Waals surface area contributed by atoms with Crippen molar-refractivity contribution in [2.24, 2.45) is 12.9 Å². The van der Waals surface area contributed by atoms with Gasteiger partial charge in [-0.05, 0) is 17.9 Å². The number of rotatable bonds is 4. The minimum atomic E-state index is -0.0297. The first-order chi connectivity index (χ1) is 8.11. The van der Waals surface area contributed by atoms with Crippen molar-refractivity contribution in [3.63, 3.8) is 0 Å². The number of nitrogens with one attached hydrogen (secondary N) is 1. The van der Waals surface area contributed by atoms with Crippen LogP contribution in [0.4, 0.5) is 0 Å². The lowest BCUT2D eigenvalue weighted by Gasteiger charge is -2.13. The molecule has 1 unspecified atom stereocenters. The van der Waals surface area contributed by atoms with Gasteiger partial charge in [0.15, 0.2) is 0 Å². The molecule has 5 nitrogen and oxygen atoms in total. The summed E-state index contributed by atoms with van der Waals surface area (Å²) in [5, 5.41) is 10.7. The SMILES string of the molecule is Cc1csc(C(Cc2cn(C)nn2)NN)c1Cl. The van der Waals surface area contributed by atoms with E-state index in [4.69, 9.17) is 17.4 Å². The summed E-state index contributed by atoms with van der Waals surface area (Å²) in [7, 11) is 1.84. The molecule has 0 aromatic carbocycles. The van der Waals surface area contributed by atoms with Crippen LogP contribution in [0.1, 0.15) is 22.2 Å². The highest BCUT2D eigenvalue weighted by Gasteiger charge is 2.18. The van der Waals surface area contributed by atoms with Crippen LogP contribution in [0.5, 0.6) is 0 Å². The van der Waals surface area contributed by atoms with Crippen LogP contribution >= 0.6 is 22.9 Å². The van der Waals surface area contributed by atoms with Gasteiger partial charge in [0.05, 0.1) is 16.8 Å². The van der Waals surface area contributed by atoms with Gasteiger partial charge in [-0.15, -0.1) is 16.4 Å². The van der Waals surface area contributed by atoms with Gasteiger partial charge >= 0.3 is 0 Å². The van der Waals surface area contributed by atoms with E-state index in [1.165, 1.54) is 0 Å². The van der Waals surface area contributed by atoms with E-state index in [0.29, 0.717) is 6.42 Å². The molecule has 2 heterocycles. The molecule has 2 aromatic rings. The van der Waals surface area contributed by atoms with Crippen LogP contribution < -0.4 is 11.3 Å². The van der Waals surface area contributed by atoms with E-state index in [-0.39, 0.29) is 6.04 Å². The van der Waals surface area contributed by atoms with Crippen LogP contribution in [-0.4, -0.2) is 15.0 Å². The summed E-state index contributed by atoms with van der Waals surface area (Å²) in [5.74, 6) is 5.58. The first-order valence-corrected chi connectivity index (χ1v) is 6.42. The number of hydrazine groups is 1. The smallest absolute Gasteiger partial charge is 0.0846 e. The molecular weight excluding hydrogens is 258 g/mol. The molecule has 17 heavy (non-hydrogen) atoms. The van der Waals surface area contributed by atoms with Gasteiger partial charge in [0.25, 0.3) is 0 Å². The highest BCUT2D eigenvalue weighted by molar-refractivity contribution is 7.10. The molecule has 0 aliphatic heterocycles. The highest BCUT2D eigenvalue weighted by atomic mass is 35.5. The molecule has 0 saturated carbocycles. The van der Waals surface area contributed by atoms with Crippen LogP contribution in [0.2, 0.25) is 5.02 Å². The summed E-state index contributed by atoms with van der Waals surface area (Å²) in [6, 6.07) is -0.0297. The van der Waals surface area contributed by atoms with Crippen molar-refractivity contribution in [3.8, 4) is 0 Å². The van der Waals surface area contributed by atoms with Crippen molar-refractivity contribution in [2.45, 2.75) is 19.4 Å². The zero-order valence-corrected chi connectivity index (χ0v) is 11.2. The van der Waals surface area contributed by atoms with Crippen LogP contribution in [0.3, 0.4) is 0 Å². The second kappa shape index (κ2) is 5.14. The fourth-order valence-electron chi connectivity index (χ4n) is 1.61. The second-order valence-corrected chi connectivity index (χ2v) is 5.19. The lowest BCUT2D eigenvalue weighted by molar-refractivity contribution is 0.553. The highest BCUT2D eigenvalue weighted by Crippen LogP contribution is 2.33. The van der Waals surface area contributed by atoms with E-state index < -0.39 is 0 Å². The first-order valence-electron chi connectivity index (χ1n) is 5.16. The molecule has 2 rings (SSSR count). The van der Waals surface area contributed by atoms with Gasteiger partial charge in [-0.25, -0.2) is 0 Å². The molecule has 0 bridgehead atoms. The van der Waals surface area contributed by atoms with Gasteiger partial charge in [-0.1, -0.05) is 16.8 Å². The average molecular weight is 272 g/mol. The summed E-state index contributed by atoms with van der Waals surface area (Å²) in [6.07, 6.45) is 2.54. The molecule has 3 N–H and O–H groups in total. The topological polar surface area (TPSA) is 68.8 Å². The Morgan fingerprint density at radius 1 is 1.65 bits per heavy atom. The minimum absolute atomic E-state index is 0.0297. The number of aromatic nitrogens is 3. The van der Waals surface area contributed by atoms with Crippen molar-refractivity contribution in [1.29, 1.82) is 0 Å². The van der Waals surface area contributed by atoms with Gasteiger partial charge < -0.3 is 0 Å². The summed E-state index contributed by atoms with van der Waals surface area (Å²) >= 11 is 7.83. The zero-order valence-electron chi connectivity index (χ0n) is 9.64. The van der Waals surface area contributed by atoms with Gasteiger partial charge in [0.1, 0.15) is 0 Å². The van der Waals surface area contributed by atoms with Gasteiger partial charge in [0.2, 0.25) is 0 Å². The maximum atomic E-state index is 6.23. The van der Waals surface area contributed by atoms with Crippen LogP contribution in [0.25, 0.3) is 0 Å². The molecule has 1 atom stereocenters. The van der Waals surface area contributed by atoms with E-state index in [9.17, 15) is 0 Å². The molecule has 0 spiro atoms. The average Bonchev–Trinajstić information content (AvgIpc) is 2.85. The third-order valence-corrected chi connectivity index (χ3v) is 4.33. The normalized spacial score (nSPS) is 12.9. The van der Waals surface area contributed by atoms with Gasteiger partial charge in [-0.3, -0.25) is 16.0 Å². The molecule has 0 aliphatic carbocycles. The van der Waals surface area contributed by atoms with Gasteiger partial charge in [-0.2, -0.15) is 0 Å². The second-order valence-electron chi connectivity index (χ2n) is 3.90. The largest absolute Gasteiger partial charge is 0.271 e. The van der Waals surface area contributed by atoms with E-state index in [1.807, 2.05) is 25.5 Å². The van der Waals surface area contributed by atoms with Crippen molar-refractivity contribution >= 4 is 22.9 Å². The standard InChI is InChI=1S/C10H14ClN5S/c1-6-5-17-10(9(6)11)8(13-12)3-7-4-16(2)15-14-7/h4-5,8,13H,3,12H2,1-2H3. The van der Waals surface area contributed by atoms with Crippen molar-refractivity contribution < 1.29 is 0 Å². The van der Waals surface area contributed by atoms with E-state index in [1.54, 1.807) is 16.0 Å². The maximum absolute atomic E-state index is 6.23. The molecule has 2 aromatic heterocycles. The Balaban J connectivity index is 2.19. The summed E-state index contributed by atoms with van der Waals surface area (Å²) in [4.78, 5) is 1.04. The van der Waals surface area contributed by atoms with E-state index in [0.717, 1.165) is 21.2 Å². The Morgan fingerprint density at radius 3 is 2.88 bits per heavy atom. The number of thiophene rings is 1. The fraction of sp³-hybridized carbons (Fsp3) is 0.400. The number of aryl methyl sites for hydroxylation is 2. The molecule has 0 fully saturated rings. The Bertz CT molecular complexity index is 507. The van der Waals surface area contributed by atoms with Crippen LogP contribution in [-0.2, 0) is 13.5 Å². The number of halogens is 1. The molecule has 0 amide bonds. The molecular formula is C10H14ClN5S. The Hall–Kier alpha value is -0.950. The molecule has 7 heteroatoms. The monoisotopic (exact) mass is 271 g/mol. The van der Waals surface area contributed by atoms with E-state index >= 15 is 0 Å². The van der Waals surface area contributed by atoms with Crippen LogP contribution in [0.15, 0.2) is 11.6 Å². The summed E-state index contributed by atoms with van der Waals surface area (Å²) in [5.41, 5.74) is 4.74. The third kappa shape index (κ3) is 2.66. The lowest BCUT2D eigenvalue weighted by atomic mass is 10.1. The van der Waals surface area contributed by atoms with Gasteiger partial charge in [0, 0.05) is 24.5 Å². The number of nitrogens with zero attached hydrogens (tertiary/aromatic N) is 3. The minimum Gasteiger partial charge on any atom is -0.271 e. The molecule has 92 valence electrons. The first kappa shape index (κ1) is 12.5. The lowest BCUT2D eigenvalue weighted by Crippen LogP contribution is -2.29. The molecule has 0 aliphatic rings. The summed E-state index contributed by atoms with van der Waals surface area (Å²) < 4.78 is 1.67. The van der Waals surface area contributed by atoms with Crippen molar-refractivity contribution in [2.75, 3.05) is 0 Å². The third-order valence-electron chi connectivity index (χ3n) is 2.51. The Labute approximate surface area is 109 Å². The molecule has 0 radical (unpaired) electrons. The maximum Gasteiger partial charge on any atom is 0.0846 e. The van der Waals surface area contributed by atoms with Crippen molar-refractivity contribution in [1.82, 2.24) is 20.4 Å². The molecule has 0 saturated heterocycles. The number of nitrogens with two attached hydrogens (primary N) is 1. The Kier molecular flexibility index (Phi) is 3.78.